The summed E-state index contributed by atoms with van der Waals surface area (Å²) in [4.78, 5) is 27.8. The van der Waals surface area contributed by atoms with Crippen molar-refractivity contribution in [2.45, 2.75) is 25.7 Å². The van der Waals surface area contributed by atoms with Crippen molar-refractivity contribution >= 4 is 28.3 Å². The number of nitrogens with one attached hydrogen (secondary N) is 1. The second-order valence-electron chi connectivity index (χ2n) is 6.35. The summed E-state index contributed by atoms with van der Waals surface area (Å²) >= 11 is 0.900. The molecule has 2 N–H and O–H groups in total. The molecule has 0 saturated heterocycles. The standard InChI is InChI=1S/C18H15F2N3O3S/c19-12-5-11(6-13(20)7-12)15-14(8-21)27-18(22-15)23-16(24)9-2-1-3-10(4-9)17(25)26/h5-7,9-10H,1-4H2,(H,25,26)(H,22,23,24)/t9-,10+/m1/s1. The number of nitrogens with zero attached hydrogens (tertiary/aromatic N) is 2. The molecule has 140 valence electrons. The van der Waals surface area contributed by atoms with Gasteiger partial charge in [-0.1, -0.05) is 17.8 Å². The molecule has 3 rings (SSSR count). The van der Waals surface area contributed by atoms with E-state index in [9.17, 15) is 23.6 Å². The summed E-state index contributed by atoms with van der Waals surface area (Å²) in [6, 6.07) is 4.74. The van der Waals surface area contributed by atoms with Crippen LogP contribution in [0.5, 0.6) is 0 Å². The number of carbonyl (C=O) groups is 2. The number of halogens is 2. The molecule has 1 saturated carbocycles. The van der Waals surface area contributed by atoms with Crippen LogP contribution in [0.15, 0.2) is 18.2 Å². The SMILES string of the molecule is N#Cc1sc(NC(=O)[C@@H]2CCC[C@H](C(=O)O)C2)nc1-c1cc(F)cc(F)c1. The van der Waals surface area contributed by atoms with E-state index >= 15 is 0 Å². The number of anilines is 1. The van der Waals surface area contributed by atoms with Crippen LogP contribution in [0.2, 0.25) is 0 Å². The van der Waals surface area contributed by atoms with Gasteiger partial charge in [0, 0.05) is 17.5 Å². The van der Waals surface area contributed by atoms with Gasteiger partial charge in [0.25, 0.3) is 0 Å². The maximum absolute atomic E-state index is 13.4. The molecule has 6 nitrogen and oxygen atoms in total. The third-order valence-corrected chi connectivity index (χ3v) is 5.36. The maximum Gasteiger partial charge on any atom is 0.306 e. The number of carbonyl (C=O) groups excluding carboxylic acids is 1. The Hall–Kier alpha value is -2.86. The largest absolute Gasteiger partial charge is 0.481 e. The van der Waals surface area contributed by atoms with E-state index in [0.717, 1.165) is 23.5 Å². The lowest BCUT2D eigenvalue weighted by Gasteiger charge is -2.25. The van der Waals surface area contributed by atoms with Gasteiger partial charge >= 0.3 is 5.97 Å². The fourth-order valence-electron chi connectivity index (χ4n) is 3.20. The van der Waals surface area contributed by atoms with Crippen molar-refractivity contribution in [2.24, 2.45) is 11.8 Å². The van der Waals surface area contributed by atoms with Crippen LogP contribution in [0.25, 0.3) is 11.3 Å². The number of thiazole rings is 1. The van der Waals surface area contributed by atoms with Crippen molar-refractivity contribution in [3.05, 3.63) is 34.7 Å². The summed E-state index contributed by atoms with van der Waals surface area (Å²) in [5.74, 6) is -3.88. The molecule has 1 aromatic carbocycles. The van der Waals surface area contributed by atoms with E-state index in [1.165, 1.54) is 0 Å². The van der Waals surface area contributed by atoms with E-state index in [4.69, 9.17) is 5.11 Å². The molecule has 9 heteroatoms. The van der Waals surface area contributed by atoms with Gasteiger partial charge in [0.1, 0.15) is 28.3 Å². The van der Waals surface area contributed by atoms with Crippen molar-refractivity contribution < 1.29 is 23.5 Å². The number of hydrogen-bond donors (Lipinski definition) is 2. The topological polar surface area (TPSA) is 103 Å². The van der Waals surface area contributed by atoms with Gasteiger partial charge in [0.15, 0.2) is 5.13 Å². The van der Waals surface area contributed by atoms with E-state index in [2.05, 4.69) is 10.3 Å². The molecule has 1 aliphatic rings. The van der Waals surface area contributed by atoms with E-state index in [1.807, 2.05) is 6.07 Å². The van der Waals surface area contributed by atoms with E-state index < -0.39 is 29.4 Å². The van der Waals surface area contributed by atoms with Crippen LogP contribution in [0, 0.1) is 34.8 Å². The number of rotatable bonds is 4. The highest BCUT2D eigenvalue weighted by atomic mass is 32.1. The zero-order valence-electron chi connectivity index (χ0n) is 14.0. The molecule has 1 fully saturated rings. The Morgan fingerprint density at radius 1 is 1.22 bits per heavy atom. The number of benzene rings is 1. The van der Waals surface area contributed by atoms with Crippen LogP contribution in [0.1, 0.15) is 30.6 Å². The second kappa shape index (κ2) is 7.80. The van der Waals surface area contributed by atoms with Gasteiger partial charge in [-0.25, -0.2) is 13.8 Å². The highest BCUT2D eigenvalue weighted by Gasteiger charge is 2.31. The monoisotopic (exact) mass is 391 g/mol. The molecule has 0 spiro atoms. The Balaban J connectivity index is 1.80. The molecule has 1 amide bonds. The van der Waals surface area contributed by atoms with Gasteiger partial charge in [-0.05, 0) is 31.4 Å². The zero-order valence-corrected chi connectivity index (χ0v) is 14.9. The zero-order chi connectivity index (χ0) is 19.6. The second-order valence-corrected chi connectivity index (χ2v) is 7.35. The number of amides is 1. The van der Waals surface area contributed by atoms with Crippen molar-refractivity contribution in [1.82, 2.24) is 4.98 Å². The van der Waals surface area contributed by atoms with Crippen molar-refractivity contribution in [3.63, 3.8) is 0 Å². The lowest BCUT2D eigenvalue weighted by Crippen LogP contribution is -2.30. The number of hydrogen-bond acceptors (Lipinski definition) is 5. The fourth-order valence-corrected chi connectivity index (χ4v) is 3.98. The number of nitriles is 1. The minimum atomic E-state index is -0.913. The molecule has 1 aliphatic carbocycles. The molecule has 27 heavy (non-hydrogen) atoms. The lowest BCUT2D eigenvalue weighted by atomic mass is 9.81. The molecule has 0 aliphatic heterocycles. The predicted octanol–water partition coefficient (Wildman–Crippen LogP) is 3.79. The van der Waals surface area contributed by atoms with Crippen LogP contribution >= 0.6 is 11.3 Å². The Bertz CT molecular complexity index is 918. The molecular formula is C18H15F2N3O3S. The first kappa shape index (κ1) is 18.9. The Labute approximate surface area is 157 Å². The van der Waals surface area contributed by atoms with Crippen LogP contribution in [-0.4, -0.2) is 22.0 Å². The third-order valence-electron chi connectivity index (χ3n) is 4.49. The number of aromatic nitrogens is 1. The summed E-state index contributed by atoms with van der Waals surface area (Å²) < 4.78 is 26.9. The van der Waals surface area contributed by atoms with E-state index in [1.54, 1.807) is 0 Å². The van der Waals surface area contributed by atoms with Crippen LogP contribution in [0.3, 0.4) is 0 Å². The van der Waals surface area contributed by atoms with Gasteiger partial charge in [-0.15, -0.1) is 0 Å². The summed E-state index contributed by atoms with van der Waals surface area (Å²) in [5, 5.41) is 21.1. The van der Waals surface area contributed by atoms with Gasteiger partial charge in [-0.3, -0.25) is 9.59 Å². The lowest BCUT2D eigenvalue weighted by molar-refractivity contribution is -0.143. The Morgan fingerprint density at radius 3 is 2.52 bits per heavy atom. The number of carboxylic acid groups (broad SMARTS) is 1. The van der Waals surface area contributed by atoms with Gasteiger partial charge in [0.05, 0.1) is 5.92 Å². The first-order valence-electron chi connectivity index (χ1n) is 8.28. The molecule has 2 atom stereocenters. The smallest absolute Gasteiger partial charge is 0.306 e. The first-order valence-corrected chi connectivity index (χ1v) is 9.10. The molecular weight excluding hydrogens is 376 g/mol. The first-order chi connectivity index (χ1) is 12.9. The summed E-state index contributed by atoms with van der Waals surface area (Å²) in [6.45, 7) is 0. The van der Waals surface area contributed by atoms with E-state index in [-0.39, 0.29) is 33.6 Å². The average Bonchev–Trinajstić information content (AvgIpc) is 3.04. The van der Waals surface area contributed by atoms with Crippen molar-refractivity contribution in [1.29, 1.82) is 5.26 Å². The number of aliphatic carboxylic acids is 1. The van der Waals surface area contributed by atoms with Crippen molar-refractivity contribution in [2.75, 3.05) is 5.32 Å². The summed E-state index contributed by atoms with van der Waals surface area (Å²) in [6.07, 6.45) is 2.02. The number of carboxylic acids is 1. The Kier molecular flexibility index (Phi) is 5.46. The predicted molar refractivity (Wildman–Crippen MR) is 93.9 cm³/mol. The highest BCUT2D eigenvalue weighted by Crippen LogP contribution is 2.33. The van der Waals surface area contributed by atoms with Gasteiger partial charge in [-0.2, -0.15) is 5.26 Å². The molecule has 1 aromatic heterocycles. The summed E-state index contributed by atoms with van der Waals surface area (Å²) in [5.41, 5.74) is 0.188. The van der Waals surface area contributed by atoms with Crippen LogP contribution < -0.4 is 5.32 Å². The Morgan fingerprint density at radius 2 is 1.89 bits per heavy atom. The van der Waals surface area contributed by atoms with Crippen molar-refractivity contribution in [3.8, 4) is 17.3 Å². The quantitative estimate of drug-likeness (QED) is 0.825. The minimum Gasteiger partial charge on any atom is -0.481 e. The van der Waals surface area contributed by atoms with Crippen LogP contribution in [-0.2, 0) is 9.59 Å². The molecule has 0 unspecified atom stereocenters. The van der Waals surface area contributed by atoms with E-state index in [0.29, 0.717) is 25.3 Å². The molecule has 0 radical (unpaired) electrons. The molecule has 2 aromatic rings. The highest BCUT2D eigenvalue weighted by molar-refractivity contribution is 7.16. The summed E-state index contributed by atoms with van der Waals surface area (Å²) in [7, 11) is 0. The normalized spacial score (nSPS) is 19.3. The maximum atomic E-state index is 13.4. The van der Waals surface area contributed by atoms with Gasteiger partial charge < -0.3 is 10.4 Å². The van der Waals surface area contributed by atoms with Gasteiger partial charge in [0.2, 0.25) is 5.91 Å². The molecule has 1 heterocycles. The average molecular weight is 391 g/mol. The minimum absolute atomic E-state index is 0.0863. The third kappa shape index (κ3) is 4.28. The van der Waals surface area contributed by atoms with Crippen LogP contribution in [0.4, 0.5) is 13.9 Å². The fraction of sp³-hybridized carbons (Fsp3) is 0.333. The molecule has 0 bridgehead atoms.